The number of aryl methyl sites for hydroxylation is 3. The number of aromatic nitrogens is 1. The fourth-order valence-corrected chi connectivity index (χ4v) is 6.90. The Morgan fingerprint density at radius 3 is 1.72 bits per heavy atom. The van der Waals surface area contributed by atoms with Gasteiger partial charge in [-0.25, -0.2) is 0 Å². The highest BCUT2D eigenvalue weighted by Crippen LogP contribution is 2.34. The van der Waals surface area contributed by atoms with Gasteiger partial charge in [-0.2, -0.15) is 0 Å². The van der Waals surface area contributed by atoms with Gasteiger partial charge < -0.3 is 4.57 Å². The van der Waals surface area contributed by atoms with Gasteiger partial charge in [-0.05, 0) is 107 Å². The van der Waals surface area contributed by atoms with Crippen molar-refractivity contribution >= 4 is 43.2 Å². The first-order valence-electron chi connectivity index (χ1n) is 14.8. The summed E-state index contributed by atoms with van der Waals surface area (Å²) in [5, 5.41) is 6.10. The van der Waals surface area contributed by atoms with Crippen LogP contribution in [0.15, 0.2) is 145 Å². The molecule has 8 aromatic rings. The summed E-state index contributed by atoms with van der Waals surface area (Å²) in [6.07, 6.45) is 0. The molecule has 0 aliphatic carbocycles. The van der Waals surface area contributed by atoms with Crippen molar-refractivity contribution in [2.24, 2.45) is 0 Å². The summed E-state index contributed by atoms with van der Waals surface area (Å²) in [5.74, 6) is 0. The van der Waals surface area contributed by atoms with E-state index in [0.29, 0.717) is 0 Å². The Kier molecular flexibility index (Phi) is 7.14. The van der Waals surface area contributed by atoms with Crippen LogP contribution in [0.2, 0.25) is 0 Å². The number of para-hydroxylation sites is 2. The monoisotopic (exact) mass is 571 g/mol. The smallest absolute Gasteiger partial charge is 0.0541 e. The molecule has 0 unspecified atom stereocenters. The molecule has 0 fully saturated rings. The molecule has 8 rings (SSSR count). The second-order valence-corrected chi connectivity index (χ2v) is 12.2. The summed E-state index contributed by atoms with van der Waals surface area (Å²) in [4.78, 5) is 0. The minimum absolute atomic E-state index is 1.19. The van der Waals surface area contributed by atoms with Gasteiger partial charge in [0.2, 0.25) is 0 Å². The molecule has 6 aromatic carbocycles. The normalized spacial score (nSPS) is 11.1. The Labute approximate surface area is 257 Å². The van der Waals surface area contributed by atoms with Crippen molar-refractivity contribution in [3.63, 3.8) is 0 Å². The second-order valence-electron chi connectivity index (χ2n) is 11.2. The summed E-state index contributed by atoms with van der Waals surface area (Å²) in [5.41, 5.74) is 12.9. The summed E-state index contributed by atoms with van der Waals surface area (Å²) >= 11 is 1.81. The molecule has 0 aliphatic rings. The Balaban J connectivity index is 0.000000153. The van der Waals surface area contributed by atoms with E-state index in [0.717, 1.165) is 0 Å². The van der Waals surface area contributed by atoms with Gasteiger partial charge in [0.15, 0.2) is 0 Å². The van der Waals surface area contributed by atoms with Gasteiger partial charge in [-0.15, -0.1) is 11.3 Å². The van der Waals surface area contributed by atoms with E-state index in [2.05, 4.69) is 170 Å². The summed E-state index contributed by atoms with van der Waals surface area (Å²) in [7, 11) is 0. The number of benzene rings is 6. The lowest BCUT2D eigenvalue weighted by Gasteiger charge is -2.09. The maximum Gasteiger partial charge on any atom is 0.0541 e. The molecule has 0 amide bonds. The lowest BCUT2D eigenvalue weighted by molar-refractivity contribution is 1.18. The van der Waals surface area contributed by atoms with E-state index in [9.17, 15) is 0 Å². The molecule has 0 bridgehead atoms. The molecule has 0 saturated carbocycles. The Bertz CT molecular complexity index is 2140. The van der Waals surface area contributed by atoms with E-state index < -0.39 is 0 Å². The molecule has 2 heteroatoms. The highest BCUT2D eigenvalue weighted by Gasteiger charge is 2.11. The van der Waals surface area contributed by atoms with Crippen molar-refractivity contribution in [2.45, 2.75) is 20.8 Å². The molecule has 2 aromatic heterocycles. The van der Waals surface area contributed by atoms with Crippen molar-refractivity contribution in [1.82, 2.24) is 4.57 Å². The minimum atomic E-state index is 1.19. The van der Waals surface area contributed by atoms with Crippen molar-refractivity contribution in [3.8, 4) is 27.9 Å². The number of thiophene rings is 1. The van der Waals surface area contributed by atoms with Gasteiger partial charge in [-0.3, -0.25) is 0 Å². The largest absolute Gasteiger partial charge is 0.309 e. The SMILES string of the molecule is Cc1ccc(-c2ccc(-n3c4ccccc4c4ccccc43)cc2)cc1.Cc1ccccc1-c1cc2ccsc2cc1C. The third kappa shape index (κ3) is 5.16. The van der Waals surface area contributed by atoms with Gasteiger partial charge in [0, 0.05) is 21.2 Å². The van der Waals surface area contributed by atoms with Crippen LogP contribution in [0.4, 0.5) is 0 Å². The van der Waals surface area contributed by atoms with Crippen LogP contribution in [0, 0.1) is 20.8 Å². The first kappa shape index (κ1) is 26.9. The molecule has 2 heterocycles. The van der Waals surface area contributed by atoms with Gasteiger partial charge >= 0.3 is 0 Å². The maximum atomic E-state index is 2.35. The second kappa shape index (κ2) is 11.4. The highest BCUT2D eigenvalue weighted by molar-refractivity contribution is 7.17. The topological polar surface area (TPSA) is 4.93 Å². The molecule has 0 saturated heterocycles. The van der Waals surface area contributed by atoms with Gasteiger partial charge in [-0.1, -0.05) is 103 Å². The molecular weight excluding hydrogens is 539 g/mol. The predicted molar refractivity (Wildman–Crippen MR) is 188 cm³/mol. The Hall–Kier alpha value is -4.92. The fraction of sp³-hybridized carbons (Fsp3) is 0.0732. The molecule has 208 valence electrons. The van der Waals surface area contributed by atoms with Crippen LogP contribution in [-0.2, 0) is 0 Å². The van der Waals surface area contributed by atoms with Crippen LogP contribution >= 0.6 is 11.3 Å². The van der Waals surface area contributed by atoms with Crippen LogP contribution in [-0.4, -0.2) is 4.57 Å². The van der Waals surface area contributed by atoms with Crippen LogP contribution in [0.5, 0.6) is 0 Å². The number of nitrogens with zero attached hydrogens (tertiary/aromatic N) is 1. The van der Waals surface area contributed by atoms with Crippen LogP contribution < -0.4 is 0 Å². The van der Waals surface area contributed by atoms with Gasteiger partial charge in [0.25, 0.3) is 0 Å². The molecule has 0 N–H and O–H groups in total. The Morgan fingerprint density at radius 2 is 1.07 bits per heavy atom. The summed E-state index contributed by atoms with van der Waals surface area (Å²) < 4.78 is 3.73. The van der Waals surface area contributed by atoms with Crippen molar-refractivity contribution in [3.05, 3.63) is 162 Å². The minimum Gasteiger partial charge on any atom is -0.309 e. The van der Waals surface area contributed by atoms with Crippen molar-refractivity contribution in [1.29, 1.82) is 0 Å². The lowest BCUT2D eigenvalue weighted by Crippen LogP contribution is -1.93. The first-order chi connectivity index (χ1) is 21.1. The van der Waals surface area contributed by atoms with Crippen LogP contribution in [0.1, 0.15) is 16.7 Å². The van der Waals surface area contributed by atoms with Crippen LogP contribution in [0.3, 0.4) is 0 Å². The number of hydrogen-bond donors (Lipinski definition) is 0. The van der Waals surface area contributed by atoms with Gasteiger partial charge in [0.05, 0.1) is 11.0 Å². The first-order valence-corrected chi connectivity index (χ1v) is 15.6. The Morgan fingerprint density at radius 1 is 0.488 bits per heavy atom. The average molecular weight is 572 g/mol. The van der Waals surface area contributed by atoms with Crippen LogP contribution in [0.25, 0.3) is 59.8 Å². The number of rotatable bonds is 3. The molecule has 0 spiro atoms. The van der Waals surface area contributed by atoms with Gasteiger partial charge in [0.1, 0.15) is 0 Å². The lowest BCUT2D eigenvalue weighted by atomic mass is 9.96. The van der Waals surface area contributed by atoms with E-state index in [1.807, 2.05) is 11.3 Å². The van der Waals surface area contributed by atoms with E-state index in [-0.39, 0.29) is 0 Å². The van der Waals surface area contributed by atoms with E-state index in [1.165, 1.54) is 76.5 Å². The standard InChI is InChI=1S/C25H19N.C16H14S/c1-18-10-12-19(13-11-18)20-14-16-21(17-15-20)26-24-8-4-2-6-22(24)23-7-3-5-9-25(23)26;1-11-5-3-4-6-14(11)15-10-13-7-8-17-16(13)9-12(15)2/h2-17H,1H3;3-10H,1-2H3. The zero-order chi connectivity index (χ0) is 29.3. The zero-order valence-electron chi connectivity index (χ0n) is 24.7. The molecule has 0 aliphatic heterocycles. The third-order valence-corrected chi connectivity index (χ3v) is 9.20. The van der Waals surface area contributed by atoms with Crippen molar-refractivity contribution in [2.75, 3.05) is 0 Å². The van der Waals surface area contributed by atoms with E-state index in [1.54, 1.807) is 0 Å². The molecule has 0 radical (unpaired) electrons. The third-order valence-electron chi connectivity index (χ3n) is 8.33. The average Bonchev–Trinajstić information content (AvgIpc) is 3.64. The summed E-state index contributed by atoms with van der Waals surface area (Å²) in [6, 6.07) is 50.2. The maximum absolute atomic E-state index is 2.35. The van der Waals surface area contributed by atoms with E-state index >= 15 is 0 Å². The number of fused-ring (bicyclic) bond motifs is 4. The number of hydrogen-bond acceptors (Lipinski definition) is 1. The molecular formula is C41H33NS. The molecule has 43 heavy (non-hydrogen) atoms. The highest BCUT2D eigenvalue weighted by atomic mass is 32.1. The van der Waals surface area contributed by atoms with Crippen molar-refractivity contribution < 1.29 is 0 Å². The predicted octanol–water partition coefficient (Wildman–Crippen LogP) is 11.9. The van der Waals surface area contributed by atoms with E-state index in [4.69, 9.17) is 0 Å². The zero-order valence-corrected chi connectivity index (χ0v) is 25.5. The quantitative estimate of drug-likeness (QED) is 0.199. The molecule has 0 atom stereocenters. The summed E-state index contributed by atoms with van der Waals surface area (Å²) in [6.45, 7) is 6.49. The fourth-order valence-electron chi connectivity index (χ4n) is 6.03. The molecule has 1 nitrogen and oxygen atoms in total.